The zero-order valence-corrected chi connectivity index (χ0v) is 14.1. The quantitative estimate of drug-likeness (QED) is 0.919. The summed E-state index contributed by atoms with van der Waals surface area (Å²) in [4.78, 5) is 14.3. The Bertz CT molecular complexity index is 666. The molecule has 2 aromatic carbocycles. The SMILES string of the molecule is CN(Cc1ccccc1-c1ccccc1)C(=O)CC1COCCN1. The van der Waals surface area contributed by atoms with E-state index >= 15 is 0 Å². The first-order valence-corrected chi connectivity index (χ1v) is 8.42. The van der Waals surface area contributed by atoms with Crippen LogP contribution in [0, 0.1) is 0 Å². The molecule has 0 spiro atoms. The second-order valence-corrected chi connectivity index (χ2v) is 6.20. The van der Waals surface area contributed by atoms with Gasteiger partial charge in [0.2, 0.25) is 5.91 Å². The molecule has 0 aromatic heterocycles. The number of nitrogens with one attached hydrogen (secondary N) is 1. The van der Waals surface area contributed by atoms with E-state index in [9.17, 15) is 4.79 Å². The highest BCUT2D eigenvalue weighted by Crippen LogP contribution is 2.24. The van der Waals surface area contributed by atoms with Crippen molar-refractivity contribution >= 4 is 5.91 Å². The number of ether oxygens (including phenoxy) is 1. The minimum Gasteiger partial charge on any atom is -0.378 e. The molecule has 1 aliphatic rings. The number of hydrogen-bond donors (Lipinski definition) is 1. The molecular formula is C20H24N2O2. The van der Waals surface area contributed by atoms with Crippen molar-refractivity contribution in [1.29, 1.82) is 0 Å². The summed E-state index contributed by atoms with van der Waals surface area (Å²) in [7, 11) is 1.87. The Kier molecular flexibility index (Phi) is 5.62. The summed E-state index contributed by atoms with van der Waals surface area (Å²) in [6.07, 6.45) is 0.476. The molecule has 126 valence electrons. The van der Waals surface area contributed by atoms with E-state index in [0.29, 0.717) is 19.6 Å². The van der Waals surface area contributed by atoms with Crippen LogP contribution in [0.3, 0.4) is 0 Å². The summed E-state index contributed by atoms with van der Waals surface area (Å²) in [6, 6.07) is 18.7. The number of amides is 1. The molecule has 1 saturated heterocycles. The highest BCUT2D eigenvalue weighted by molar-refractivity contribution is 5.77. The third kappa shape index (κ3) is 4.22. The van der Waals surface area contributed by atoms with Crippen molar-refractivity contribution in [2.45, 2.75) is 19.0 Å². The lowest BCUT2D eigenvalue weighted by Gasteiger charge is -2.26. The normalized spacial score (nSPS) is 17.5. The molecule has 1 heterocycles. The molecule has 3 rings (SSSR count). The maximum absolute atomic E-state index is 12.5. The van der Waals surface area contributed by atoms with E-state index in [1.807, 2.05) is 37.4 Å². The Morgan fingerprint density at radius 3 is 2.67 bits per heavy atom. The van der Waals surface area contributed by atoms with E-state index in [1.54, 1.807) is 4.90 Å². The van der Waals surface area contributed by atoms with Gasteiger partial charge in [-0.25, -0.2) is 0 Å². The summed E-state index contributed by atoms with van der Waals surface area (Å²) in [5, 5.41) is 3.33. The molecule has 0 bridgehead atoms. The van der Waals surface area contributed by atoms with Crippen molar-refractivity contribution in [3.63, 3.8) is 0 Å². The molecule has 1 unspecified atom stereocenters. The van der Waals surface area contributed by atoms with Gasteiger partial charge >= 0.3 is 0 Å². The molecule has 1 aliphatic heterocycles. The molecule has 0 radical (unpaired) electrons. The van der Waals surface area contributed by atoms with Crippen LogP contribution in [0.2, 0.25) is 0 Å². The number of carbonyl (C=O) groups is 1. The Morgan fingerprint density at radius 1 is 1.17 bits per heavy atom. The zero-order valence-electron chi connectivity index (χ0n) is 14.1. The topological polar surface area (TPSA) is 41.6 Å². The van der Waals surface area contributed by atoms with E-state index < -0.39 is 0 Å². The van der Waals surface area contributed by atoms with Crippen LogP contribution < -0.4 is 5.32 Å². The van der Waals surface area contributed by atoms with E-state index in [0.717, 1.165) is 18.7 Å². The molecular weight excluding hydrogens is 300 g/mol. The summed E-state index contributed by atoms with van der Waals surface area (Å²) in [6.45, 7) is 2.77. The van der Waals surface area contributed by atoms with Gasteiger partial charge in [-0.15, -0.1) is 0 Å². The van der Waals surface area contributed by atoms with Crippen LogP contribution in [0.25, 0.3) is 11.1 Å². The van der Waals surface area contributed by atoms with Gasteiger partial charge in [-0.1, -0.05) is 54.6 Å². The van der Waals surface area contributed by atoms with Crippen LogP contribution in [-0.4, -0.2) is 43.7 Å². The lowest BCUT2D eigenvalue weighted by atomic mass is 9.99. The third-order valence-corrected chi connectivity index (χ3v) is 4.35. The van der Waals surface area contributed by atoms with Crippen molar-refractivity contribution in [2.75, 3.05) is 26.8 Å². The average Bonchev–Trinajstić information content (AvgIpc) is 2.63. The molecule has 1 atom stereocenters. The summed E-state index contributed by atoms with van der Waals surface area (Å²) in [5.74, 6) is 0.140. The summed E-state index contributed by atoms with van der Waals surface area (Å²) < 4.78 is 5.42. The first-order valence-electron chi connectivity index (χ1n) is 8.42. The van der Waals surface area contributed by atoms with Crippen LogP contribution in [0.5, 0.6) is 0 Å². The maximum atomic E-state index is 12.5. The molecule has 1 amide bonds. The summed E-state index contributed by atoms with van der Waals surface area (Å²) in [5.41, 5.74) is 3.51. The lowest BCUT2D eigenvalue weighted by Crippen LogP contribution is -2.44. The monoisotopic (exact) mass is 324 g/mol. The van der Waals surface area contributed by atoms with Crippen LogP contribution >= 0.6 is 0 Å². The lowest BCUT2D eigenvalue weighted by molar-refractivity contribution is -0.131. The van der Waals surface area contributed by atoms with E-state index in [-0.39, 0.29) is 11.9 Å². The van der Waals surface area contributed by atoms with Gasteiger partial charge in [-0.05, 0) is 16.7 Å². The number of rotatable bonds is 5. The van der Waals surface area contributed by atoms with Gasteiger partial charge in [-0.2, -0.15) is 0 Å². The molecule has 0 aliphatic carbocycles. The number of carbonyl (C=O) groups excluding carboxylic acids is 1. The van der Waals surface area contributed by atoms with Crippen molar-refractivity contribution in [3.05, 3.63) is 60.2 Å². The first kappa shape index (κ1) is 16.7. The van der Waals surface area contributed by atoms with Gasteiger partial charge in [-0.3, -0.25) is 4.79 Å². The fraction of sp³-hybridized carbons (Fsp3) is 0.350. The smallest absolute Gasteiger partial charge is 0.224 e. The standard InChI is InChI=1S/C20H24N2O2/c1-22(20(23)13-18-15-24-12-11-21-18)14-17-9-5-6-10-19(17)16-7-3-2-4-8-16/h2-10,18,21H,11-15H2,1H3. The van der Waals surface area contributed by atoms with E-state index in [2.05, 4.69) is 29.6 Å². The fourth-order valence-electron chi connectivity index (χ4n) is 3.02. The molecule has 2 aromatic rings. The van der Waals surface area contributed by atoms with E-state index in [4.69, 9.17) is 4.74 Å². The van der Waals surface area contributed by atoms with Crippen LogP contribution in [0.4, 0.5) is 0 Å². The minimum atomic E-state index is 0.123. The largest absolute Gasteiger partial charge is 0.378 e. The van der Waals surface area contributed by atoms with Gasteiger partial charge in [0.15, 0.2) is 0 Å². The van der Waals surface area contributed by atoms with Gasteiger partial charge in [0, 0.05) is 32.6 Å². The van der Waals surface area contributed by atoms with Crippen LogP contribution in [0.15, 0.2) is 54.6 Å². The van der Waals surface area contributed by atoms with Crippen molar-refractivity contribution in [3.8, 4) is 11.1 Å². The molecule has 4 nitrogen and oxygen atoms in total. The Labute approximate surface area is 143 Å². The number of hydrogen-bond acceptors (Lipinski definition) is 3. The molecule has 0 saturated carbocycles. The van der Waals surface area contributed by atoms with Crippen molar-refractivity contribution < 1.29 is 9.53 Å². The minimum absolute atomic E-state index is 0.123. The average molecular weight is 324 g/mol. The van der Waals surface area contributed by atoms with Crippen LogP contribution in [-0.2, 0) is 16.1 Å². The van der Waals surface area contributed by atoms with E-state index in [1.165, 1.54) is 11.1 Å². The maximum Gasteiger partial charge on any atom is 0.224 e. The highest BCUT2D eigenvalue weighted by atomic mass is 16.5. The second-order valence-electron chi connectivity index (χ2n) is 6.20. The fourth-order valence-corrected chi connectivity index (χ4v) is 3.02. The van der Waals surface area contributed by atoms with Crippen molar-refractivity contribution in [2.24, 2.45) is 0 Å². The van der Waals surface area contributed by atoms with Crippen molar-refractivity contribution in [1.82, 2.24) is 10.2 Å². The number of morpholine rings is 1. The number of nitrogens with zero attached hydrogens (tertiary/aromatic N) is 1. The molecule has 24 heavy (non-hydrogen) atoms. The molecule has 1 fully saturated rings. The predicted molar refractivity (Wildman–Crippen MR) is 95.6 cm³/mol. The number of benzene rings is 2. The van der Waals surface area contributed by atoms with Gasteiger partial charge in [0.05, 0.1) is 13.2 Å². The third-order valence-electron chi connectivity index (χ3n) is 4.35. The Hall–Kier alpha value is -2.17. The Balaban J connectivity index is 1.68. The predicted octanol–water partition coefficient (Wildman–Crippen LogP) is 2.69. The Morgan fingerprint density at radius 2 is 1.92 bits per heavy atom. The van der Waals surface area contributed by atoms with Gasteiger partial charge in [0.25, 0.3) is 0 Å². The summed E-state index contributed by atoms with van der Waals surface area (Å²) >= 11 is 0. The molecule has 1 N–H and O–H groups in total. The highest BCUT2D eigenvalue weighted by Gasteiger charge is 2.19. The van der Waals surface area contributed by atoms with Gasteiger partial charge in [0.1, 0.15) is 0 Å². The zero-order chi connectivity index (χ0) is 16.8. The van der Waals surface area contributed by atoms with Crippen LogP contribution in [0.1, 0.15) is 12.0 Å². The second kappa shape index (κ2) is 8.08. The molecule has 4 heteroatoms. The first-order chi connectivity index (χ1) is 11.7. The van der Waals surface area contributed by atoms with Gasteiger partial charge < -0.3 is 15.0 Å².